The average Bonchev–Trinajstić information content (AvgIpc) is 3.50. The summed E-state index contributed by atoms with van der Waals surface area (Å²) in [7, 11) is 1.36. The van der Waals surface area contributed by atoms with E-state index in [1.165, 1.54) is 36.3 Å². The first-order valence-corrected chi connectivity index (χ1v) is 19.9. The number of carbonyl (C=O) groups excluding carboxylic acids is 4. The first-order valence-electron chi connectivity index (χ1n) is 17.4. The number of carbonyl (C=O) groups is 4. The molecule has 1 unspecified atom stereocenters. The predicted molar refractivity (Wildman–Crippen MR) is 219 cm³/mol. The summed E-state index contributed by atoms with van der Waals surface area (Å²) in [5, 5.41) is 9.00. The maximum atomic E-state index is 14.2. The molecule has 0 saturated carbocycles. The Balaban J connectivity index is 1.26. The van der Waals surface area contributed by atoms with Crippen molar-refractivity contribution in [1.82, 2.24) is 5.32 Å². The Morgan fingerprint density at radius 3 is 2.26 bits per heavy atom. The number of methoxy groups -OCH3 is 1. The van der Waals surface area contributed by atoms with Gasteiger partial charge in [-0.25, -0.2) is 4.79 Å². The predicted octanol–water partition coefficient (Wildman–Crippen LogP) is 10.4. The Bertz CT molecular complexity index is 2190. The first-order chi connectivity index (χ1) is 26.2. The fourth-order valence-corrected chi connectivity index (χ4v) is 8.84. The lowest BCUT2D eigenvalue weighted by molar-refractivity contribution is -0.116. The van der Waals surface area contributed by atoms with Gasteiger partial charge in [0.1, 0.15) is 15.9 Å². The average molecular weight is 799 g/mol. The molecule has 0 bridgehead atoms. The highest BCUT2D eigenvalue weighted by molar-refractivity contribution is 8.00. The van der Waals surface area contributed by atoms with E-state index in [-0.39, 0.29) is 16.6 Å². The largest absolute Gasteiger partial charge is 0.465 e. The molecule has 4 aromatic carbocycles. The van der Waals surface area contributed by atoms with Crippen molar-refractivity contribution in [3.05, 3.63) is 152 Å². The lowest BCUT2D eigenvalue weighted by Gasteiger charge is -2.18. The third-order valence-electron chi connectivity index (χ3n) is 8.79. The number of aryl methyl sites for hydroxylation is 1. The van der Waals surface area contributed by atoms with E-state index in [1.807, 2.05) is 36.4 Å². The van der Waals surface area contributed by atoms with Gasteiger partial charge in [-0.05, 0) is 84.8 Å². The van der Waals surface area contributed by atoms with Crippen LogP contribution in [0.15, 0.2) is 114 Å². The second-order valence-corrected chi connectivity index (χ2v) is 15.6. The van der Waals surface area contributed by atoms with Crippen LogP contribution in [-0.4, -0.2) is 30.8 Å². The number of hydrogen-bond donors (Lipinski definition) is 3. The van der Waals surface area contributed by atoms with Gasteiger partial charge in [0, 0.05) is 21.0 Å². The van der Waals surface area contributed by atoms with E-state index >= 15 is 0 Å². The second kappa shape index (κ2) is 18.4. The highest BCUT2D eigenvalue weighted by atomic mass is 35.5. The van der Waals surface area contributed by atoms with Gasteiger partial charge in [-0.3, -0.25) is 14.4 Å². The molecule has 0 radical (unpaired) electrons. The Labute approximate surface area is 332 Å². The van der Waals surface area contributed by atoms with Crippen molar-refractivity contribution in [3.63, 3.8) is 0 Å². The Kier molecular flexibility index (Phi) is 13.3. The second-order valence-electron chi connectivity index (χ2n) is 12.5. The number of thiophene rings is 1. The van der Waals surface area contributed by atoms with E-state index < -0.39 is 23.0 Å². The molecule has 1 aromatic heterocycles. The van der Waals surface area contributed by atoms with E-state index in [2.05, 4.69) is 16.0 Å². The maximum absolute atomic E-state index is 14.2. The molecular formula is C42H37Cl2N3O5S2. The fraction of sp³-hybridized carbons (Fsp3) is 0.190. The molecule has 1 aliphatic rings. The van der Waals surface area contributed by atoms with Crippen LogP contribution >= 0.6 is 46.3 Å². The van der Waals surface area contributed by atoms with Crippen molar-refractivity contribution < 1.29 is 23.9 Å². The minimum Gasteiger partial charge on any atom is -0.465 e. The normalized spacial score (nSPS) is 13.4. The summed E-state index contributed by atoms with van der Waals surface area (Å²) in [5.41, 5.74) is 3.36. The van der Waals surface area contributed by atoms with Crippen LogP contribution in [0.3, 0.4) is 0 Å². The third-order valence-corrected chi connectivity index (χ3v) is 12.1. The fourth-order valence-electron chi connectivity index (χ4n) is 6.12. The number of halogens is 2. The standard InChI is InChI=1S/C42H37Cl2N3O5S2/c1-52-42(51)35-31-21-10-2-3-11-23-34(31)54-41(35)47-40(50)37(26-14-6-4-7-15-26)53-30-20-13-19-29(25-30)45-39(49)33(24-28-18-12-22-32(43)36(28)44)46-38(48)27-16-8-5-9-17-27/h4-9,12-20,22,24-25,37H,2-3,10-11,21,23H2,1H3,(H,45,49)(H,46,48)(H,47,50)/b33-24+. The maximum Gasteiger partial charge on any atom is 0.341 e. The van der Waals surface area contributed by atoms with Gasteiger partial charge in [0.2, 0.25) is 5.91 Å². The third kappa shape index (κ3) is 9.62. The quantitative estimate of drug-likeness (QED) is 0.0697. The van der Waals surface area contributed by atoms with Crippen molar-refractivity contribution in [2.45, 2.75) is 48.7 Å². The zero-order valence-corrected chi connectivity index (χ0v) is 32.5. The Hall–Kier alpha value is -4.87. The summed E-state index contributed by atoms with van der Waals surface area (Å²) < 4.78 is 5.18. The van der Waals surface area contributed by atoms with Gasteiger partial charge in [-0.15, -0.1) is 23.1 Å². The summed E-state index contributed by atoms with van der Waals surface area (Å²) in [5.74, 6) is -1.84. The molecule has 8 nitrogen and oxygen atoms in total. The molecule has 1 aliphatic carbocycles. The molecule has 0 fully saturated rings. The number of ether oxygens (including phenoxy) is 1. The number of thioether (sulfide) groups is 1. The van der Waals surface area contributed by atoms with Crippen LogP contribution < -0.4 is 16.0 Å². The summed E-state index contributed by atoms with van der Waals surface area (Å²) in [6.07, 6.45) is 7.32. The van der Waals surface area contributed by atoms with Gasteiger partial charge in [0.05, 0.1) is 22.7 Å². The van der Waals surface area contributed by atoms with Gasteiger partial charge in [-0.1, -0.05) is 103 Å². The molecule has 0 spiro atoms. The molecule has 0 saturated heterocycles. The number of amides is 3. The minimum absolute atomic E-state index is 0.0564. The van der Waals surface area contributed by atoms with Crippen molar-refractivity contribution in [2.75, 3.05) is 17.7 Å². The highest BCUT2D eigenvalue weighted by Crippen LogP contribution is 2.41. The summed E-state index contributed by atoms with van der Waals surface area (Å²) in [6.45, 7) is 0. The van der Waals surface area contributed by atoms with Crippen LogP contribution in [0.25, 0.3) is 6.08 Å². The molecule has 276 valence electrons. The minimum atomic E-state index is -0.710. The number of benzene rings is 4. The molecule has 12 heteroatoms. The lowest BCUT2D eigenvalue weighted by atomic mass is 9.96. The smallest absolute Gasteiger partial charge is 0.341 e. The number of esters is 1. The topological polar surface area (TPSA) is 114 Å². The van der Waals surface area contributed by atoms with Gasteiger partial charge >= 0.3 is 5.97 Å². The Morgan fingerprint density at radius 2 is 1.52 bits per heavy atom. The number of fused-ring (bicyclic) bond motifs is 1. The van der Waals surface area contributed by atoms with Crippen LogP contribution in [0.2, 0.25) is 10.0 Å². The molecule has 6 rings (SSSR count). The molecule has 1 heterocycles. The van der Waals surface area contributed by atoms with E-state index in [9.17, 15) is 19.2 Å². The lowest BCUT2D eigenvalue weighted by Crippen LogP contribution is -2.30. The summed E-state index contributed by atoms with van der Waals surface area (Å²) >= 11 is 15.4. The summed E-state index contributed by atoms with van der Waals surface area (Å²) in [6, 6.07) is 30.0. The number of hydrogen-bond acceptors (Lipinski definition) is 7. The molecule has 54 heavy (non-hydrogen) atoms. The summed E-state index contributed by atoms with van der Waals surface area (Å²) in [4.78, 5) is 56.1. The first kappa shape index (κ1) is 38.8. The number of rotatable bonds is 11. The van der Waals surface area contributed by atoms with Crippen LogP contribution in [-0.2, 0) is 27.2 Å². The van der Waals surface area contributed by atoms with E-state index in [0.29, 0.717) is 37.3 Å². The molecule has 0 aliphatic heterocycles. The SMILES string of the molecule is COC(=O)c1c(NC(=O)C(Sc2cccc(NC(=O)/C(=C\c3cccc(Cl)c3Cl)NC(=O)c3ccccc3)c2)c2ccccc2)sc2c1CCCCCC2. The molecule has 5 aromatic rings. The van der Waals surface area contributed by atoms with Crippen molar-refractivity contribution in [1.29, 1.82) is 0 Å². The zero-order valence-electron chi connectivity index (χ0n) is 29.3. The van der Waals surface area contributed by atoms with Crippen LogP contribution in [0.5, 0.6) is 0 Å². The van der Waals surface area contributed by atoms with Crippen LogP contribution in [0.4, 0.5) is 10.7 Å². The van der Waals surface area contributed by atoms with Crippen molar-refractivity contribution >= 4 is 86.8 Å². The van der Waals surface area contributed by atoms with Gasteiger partial charge in [0.15, 0.2) is 0 Å². The van der Waals surface area contributed by atoms with E-state index in [1.54, 1.807) is 66.7 Å². The van der Waals surface area contributed by atoms with Gasteiger partial charge < -0.3 is 20.7 Å². The molecule has 1 atom stereocenters. The molecular weight excluding hydrogens is 762 g/mol. The number of nitrogens with one attached hydrogen (secondary N) is 3. The van der Waals surface area contributed by atoms with Crippen LogP contribution in [0.1, 0.15) is 73.2 Å². The van der Waals surface area contributed by atoms with Crippen molar-refractivity contribution in [2.24, 2.45) is 0 Å². The number of anilines is 2. The van der Waals surface area contributed by atoms with Crippen molar-refractivity contribution in [3.8, 4) is 0 Å². The monoisotopic (exact) mass is 797 g/mol. The van der Waals surface area contributed by atoms with Gasteiger partial charge in [-0.2, -0.15) is 0 Å². The highest BCUT2D eigenvalue weighted by Gasteiger charge is 2.29. The molecule has 3 amide bonds. The molecule has 3 N–H and O–H groups in total. The van der Waals surface area contributed by atoms with E-state index in [4.69, 9.17) is 27.9 Å². The van der Waals surface area contributed by atoms with Crippen LogP contribution in [0, 0.1) is 0 Å². The zero-order chi connectivity index (χ0) is 38.0. The van der Waals surface area contributed by atoms with E-state index in [0.717, 1.165) is 54.5 Å². The van der Waals surface area contributed by atoms with Gasteiger partial charge in [0.25, 0.3) is 11.8 Å². The Morgan fingerprint density at radius 1 is 0.815 bits per heavy atom.